The van der Waals surface area contributed by atoms with E-state index in [0.717, 1.165) is 17.0 Å². The Morgan fingerprint density at radius 2 is 1.38 bits per heavy atom. The van der Waals surface area contributed by atoms with Crippen LogP contribution < -0.4 is 14.6 Å². The zero-order chi connectivity index (χ0) is 26.8. The van der Waals surface area contributed by atoms with Gasteiger partial charge in [-0.3, -0.25) is 14.5 Å². The number of para-hydroxylation sites is 2. The minimum Gasteiger partial charge on any atom is -0.497 e. The Morgan fingerprint density at radius 1 is 0.795 bits per heavy atom. The minimum atomic E-state index is -1.09. The van der Waals surface area contributed by atoms with Crippen LogP contribution in [0.4, 0.5) is 11.4 Å². The third kappa shape index (κ3) is 4.62. The maximum Gasteiger partial charge on any atom is 0.268 e. The quantitative estimate of drug-likeness (QED) is 0.193. The van der Waals surface area contributed by atoms with Crippen molar-refractivity contribution in [3.8, 4) is 5.75 Å². The second-order valence-electron chi connectivity index (χ2n) is 8.76. The van der Waals surface area contributed by atoms with Gasteiger partial charge in [-0.25, -0.2) is 5.01 Å². The number of carbonyl (C=O) groups excluding carboxylic acids is 2. The molecule has 6 rings (SSSR count). The summed E-state index contributed by atoms with van der Waals surface area (Å²) in [6, 6.07) is 35.8. The molecular weight excluding hydrogens is 526 g/mol. The maximum absolute atomic E-state index is 14.2. The highest BCUT2D eigenvalue weighted by Gasteiger charge is 2.60. The lowest BCUT2D eigenvalue weighted by atomic mass is 10.1. The first-order valence-corrected chi connectivity index (χ1v) is 13.9. The lowest BCUT2D eigenvalue weighted by molar-refractivity contribution is -0.114. The number of amides is 1. The Labute approximate surface area is 235 Å². The van der Waals surface area contributed by atoms with Crippen molar-refractivity contribution in [1.82, 2.24) is 0 Å². The van der Waals surface area contributed by atoms with Crippen molar-refractivity contribution in [2.24, 2.45) is 5.10 Å². The second-order valence-corrected chi connectivity index (χ2v) is 11.4. The third-order valence-electron chi connectivity index (χ3n) is 6.29. The van der Waals surface area contributed by atoms with Gasteiger partial charge in [0.1, 0.15) is 5.75 Å². The summed E-state index contributed by atoms with van der Waals surface area (Å²) in [5, 5.41) is 6.96. The first-order valence-electron chi connectivity index (χ1n) is 12.3. The number of rotatable bonds is 6. The van der Waals surface area contributed by atoms with E-state index in [-0.39, 0.29) is 11.7 Å². The van der Waals surface area contributed by atoms with Crippen molar-refractivity contribution >= 4 is 57.7 Å². The average Bonchev–Trinajstić information content (AvgIpc) is 3.50. The number of hydrogen-bond donors (Lipinski definition) is 0. The molecule has 1 spiro atoms. The predicted molar refractivity (Wildman–Crippen MR) is 160 cm³/mol. The number of benzene rings is 4. The van der Waals surface area contributed by atoms with Crippen molar-refractivity contribution in [3.63, 3.8) is 0 Å². The van der Waals surface area contributed by atoms with Gasteiger partial charge in [0.2, 0.25) is 10.1 Å². The standard InChI is InChI=1S/C31H23N3O3S2/c1-37-26-19-17-22(18-20-26)21-27-30(36)33(24-13-7-3-8-14-24)31(38-27)34(25-15-9-4-10-16-25)32-29(39-31)28(35)23-11-5-2-6-12-23/h2-21H,1H3/b27-21+/t31-/m0/s1. The number of hydrazone groups is 1. The molecule has 0 unspecified atom stereocenters. The highest BCUT2D eigenvalue weighted by atomic mass is 32.2. The van der Waals surface area contributed by atoms with Gasteiger partial charge in [0, 0.05) is 11.3 Å². The molecule has 1 fully saturated rings. The Balaban J connectivity index is 1.49. The lowest BCUT2D eigenvalue weighted by Gasteiger charge is -2.38. The van der Waals surface area contributed by atoms with Crippen molar-refractivity contribution < 1.29 is 14.3 Å². The highest BCUT2D eigenvalue weighted by Crippen LogP contribution is 2.59. The van der Waals surface area contributed by atoms with Crippen LogP contribution in [0.5, 0.6) is 5.75 Å². The number of carbonyl (C=O) groups is 2. The summed E-state index contributed by atoms with van der Waals surface area (Å²) in [6.45, 7) is 0. The van der Waals surface area contributed by atoms with Gasteiger partial charge in [-0.15, -0.1) is 0 Å². The molecule has 0 bridgehead atoms. The molecule has 0 radical (unpaired) electrons. The predicted octanol–water partition coefficient (Wildman–Crippen LogP) is 6.88. The number of methoxy groups -OCH3 is 1. The van der Waals surface area contributed by atoms with E-state index < -0.39 is 4.33 Å². The van der Waals surface area contributed by atoms with E-state index in [1.54, 1.807) is 29.2 Å². The molecule has 8 heteroatoms. The van der Waals surface area contributed by atoms with Crippen molar-refractivity contribution in [1.29, 1.82) is 0 Å². The summed E-state index contributed by atoms with van der Waals surface area (Å²) in [5.41, 5.74) is 2.90. The zero-order valence-electron chi connectivity index (χ0n) is 20.9. The number of ether oxygens (including phenoxy) is 1. The van der Waals surface area contributed by atoms with E-state index in [1.165, 1.54) is 23.5 Å². The van der Waals surface area contributed by atoms with E-state index in [9.17, 15) is 9.59 Å². The van der Waals surface area contributed by atoms with Gasteiger partial charge < -0.3 is 4.74 Å². The number of hydrogen-bond acceptors (Lipinski definition) is 7. The van der Waals surface area contributed by atoms with Crippen LogP contribution >= 0.6 is 23.5 Å². The number of ketones is 1. The SMILES string of the molecule is COc1ccc(/C=C2/S[C@]3(SC(C(=O)c4ccccc4)=NN3c3ccccc3)N(c3ccccc3)C2=O)cc1. The first-order chi connectivity index (χ1) is 19.1. The fourth-order valence-corrected chi connectivity index (χ4v) is 7.36. The zero-order valence-corrected chi connectivity index (χ0v) is 22.6. The maximum atomic E-state index is 14.2. The minimum absolute atomic E-state index is 0.168. The van der Waals surface area contributed by atoms with E-state index in [2.05, 4.69) is 0 Å². The molecule has 2 heterocycles. The van der Waals surface area contributed by atoms with Crippen LogP contribution in [-0.2, 0) is 4.79 Å². The van der Waals surface area contributed by atoms with Crippen LogP contribution in [0.25, 0.3) is 6.08 Å². The molecule has 39 heavy (non-hydrogen) atoms. The van der Waals surface area contributed by atoms with E-state index in [1.807, 2.05) is 109 Å². The first kappa shape index (κ1) is 25.0. The molecule has 0 N–H and O–H groups in total. The second kappa shape index (κ2) is 10.5. The van der Waals surface area contributed by atoms with Gasteiger partial charge in [-0.1, -0.05) is 90.6 Å². The molecule has 4 aromatic rings. The van der Waals surface area contributed by atoms with E-state index in [4.69, 9.17) is 9.84 Å². The monoisotopic (exact) mass is 549 g/mol. The molecule has 192 valence electrons. The van der Waals surface area contributed by atoms with Crippen LogP contribution in [0.3, 0.4) is 0 Å². The van der Waals surface area contributed by atoms with Gasteiger partial charge in [0.15, 0.2) is 5.04 Å². The molecule has 1 amide bonds. The average molecular weight is 550 g/mol. The fourth-order valence-electron chi connectivity index (χ4n) is 4.41. The Bertz CT molecular complexity index is 1580. The largest absolute Gasteiger partial charge is 0.497 e. The molecule has 0 aliphatic carbocycles. The Morgan fingerprint density at radius 3 is 2.00 bits per heavy atom. The summed E-state index contributed by atoms with van der Waals surface area (Å²) in [5.74, 6) is 0.384. The fraction of sp³-hybridized carbons (Fsp3) is 0.0645. The van der Waals surface area contributed by atoms with Crippen LogP contribution in [0.15, 0.2) is 125 Å². The van der Waals surface area contributed by atoms with Crippen molar-refractivity contribution in [3.05, 3.63) is 131 Å². The van der Waals surface area contributed by atoms with Gasteiger partial charge >= 0.3 is 0 Å². The molecule has 0 saturated carbocycles. The lowest BCUT2D eigenvalue weighted by Crippen LogP contribution is -2.51. The molecule has 1 saturated heterocycles. The summed E-state index contributed by atoms with van der Waals surface area (Å²) < 4.78 is 4.20. The Hall–Kier alpha value is -4.27. The number of anilines is 2. The number of thioether (sulfide) groups is 2. The van der Waals surface area contributed by atoms with Crippen molar-refractivity contribution in [2.45, 2.75) is 4.33 Å². The van der Waals surface area contributed by atoms with Gasteiger partial charge in [-0.2, -0.15) is 5.10 Å². The van der Waals surface area contributed by atoms with Gasteiger partial charge in [0.25, 0.3) is 5.91 Å². The van der Waals surface area contributed by atoms with Crippen LogP contribution in [0.2, 0.25) is 0 Å². The number of Topliss-reactive ketones (excluding diaryl/α,β-unsaturated/α-hetero) is 1. The van der Waals surface area contributed by atoms with E-state index >= 15 is 0 Å². The van der Waals surface area contributed by atoms with Crippen LogP contribution in [0, 0.1) is 0 Å². The van der Waals surface area contributed by atoms with Crippen LogP contribution in [0.1, 0.15) is 15.9 Å². The smallest absolute Gasteiger partial charge is 0.268 e. The van der Waals surface area contributed by atoms with Crippen molar-refractivity contribution in [2.75, 3.05) is 17.0 Å². The summed E-state index contributed by atoms with van der Waals surface area (Å²) in [6.07, 6.45) is 1.87. The number of nitrogens with zero attached hydrogens (tertiary/aromatic N) is 3. The molecular formula is C31H23N3O3S2. The molecule has 2 aliphatic heterocycles. The highest BCUT2D eigenvalue weighted by molar-refractivity contribution is 8.29. The molecule has 1 atom stereocenters. The summed E-state index contributed by atoms with van der Waals surface area (Å²) in [7, 11) is 1.62. The Kier molecular flexibility index (Phi) is 6.72. The normalized spacial score (nSPS) is 19.6. The topological polar surface area (TPSA) is 62.2 Å². The molecule has 4 aromatic carbocycles. The van der Waals surface area contributed by atoms with E-state index in [0.29, 0.717) is 21.2 Å². The third-order valence-corrected chi connectivity index (χ3v) is 9.00. The molecule has 2 aliphatic rings. The molecule has 6 nitrogen and oxygen atoms in total. The van der Waals surface area contributed by atoms with Gasteiger partial charge in [0.05, 0.1) is 17.7 Å². The van der Waals surface area contributed by atoms with Gasteiger partial charge in [-0.05, 0) is 59.8 Å². The summed E-state index contributed by atoms with van der Waals surface area (Å²) >= 11 is 2.67. The molecule has 0 aromatic heterocycles. The summed E-state index contributed by atoms with van der Waals surface area (Å²) in [4.78, 5) is 30.0. The van der Waals surface area contributed by atoms with Crippen LogP contribution in [-0.4, -0.2) is 28.2 Å².